The van der Waals surface area contributed by atoms with Crippen molar-refractivity contribution in [3.05, 3.63) is 68.8 Å². The molecule has 2 rings (SSSR count). The molecular weight excluding hydrogens is 418 g/mol. The summed E-state index contributed by atoms with van der Waals surface area (Å²) in [4.78, 5) is 54.9. The first-order valence-corrected chi connectivity index (χ1v) is 8.70. The van der Waals surface area contributed by atoms with E-state index in [1.807, 2.05) is 0 Å². The number of esters is 1. The Hall–Kier alpha value is -4.03. The zero-order chi connectivity index (χ0) is 23.1. The number of nitrogens with zero attached hydrogens (tertiary/aromatic N) is 1. The number of hydrogen-bond donors (Lipinski definition) is 3. The first-order valence-electron chi connectivity index (χ1n) is 8.70. The van der Waals surface area contributed by atoms with Crippen LogP contribution in [0.5, 0.6) is 5.75 Å². The molecule has 0 bridgehead atoms. The number of carboxylic acid groups (broad SMARTS) is 2. The summed E-state index contributed by atoms with van der Waals surface area (Å²) >= 11 is 0. The summed E-state index contributed by atoms with van der Waals surface area (Å²) < 4.78 is 5.01. The fourth-order valence-electron chi connectivity index (χ4n) is 2.44. The number of benzene rings is 2. The Morgan fingerprint density at radius 3 is 2.26 bits per heavy atom. The molecule has 0 amide bonds. The molecule has 0 saturated heterocycles. The lowest BCUT2D eigenvalue weighted by molar-refractivity contribution is -0.385. The largest absolute Gasteiger partial charge is 0.508 e. The highest BCUT2D eigenvalue weighted by atomic mass is 17.2. The number of carboxylic acids is 2. The fourth-order valence-corrected chi connectivity index (χ4v) is 2.44. The van der Waals surface area contributed by atoms with Crippen molar-refractivity contribution in [2.24, 2.45) is 0 Å². The van der Waals surface area contributed by atoms with Crippen LogP contribution in [0.3, 0.4) is 0 Å². The molecule has 31 heavy (non-hydrogen) atoms. The maximum Gasteiger partial charge on any atom is 0.341 e. The predicted octanol–water partition coefficient (Wildman–Crippen LogP) is 2.74. The summed E-state index contributed by atoms with van der Waals surface area (Å²) in [5.41, 5.74) is -1.62. The van der Waals surface area contributed by atoms with Gasteiger partial charge < -0.3 is 20.1 Å². The first-order chi connectivity index (χ1) is 14.6. The van der Waals surface area contributed by atoms with Crippen molar-refractivity contribution < 1.29 is 49.1 Å². The second kappa shape index (κ2) is 10.1. The topological polar surface area (TPSA) is 183 Å². The van der Waals surface area contributed by atoms with Gasteiger partial charge in [-0.25, -0.2) is 19.3 Å². The number of phenols is 1. The molecule has 1 unspecified atom stereocenters. The number of non-ortho nitro benzene ring substituents is 1. The number of aromatic carboxylic acids is 2. The standard InChI is InChI=1S/C19H17NO11/c1-2-16(31-29-9-10-7-12(21)4-6-13(10)17(22)23)30-19(26)15-8-11(20(27)28)3-5-14(15)18(24)25/h3-8,16,21H,2,9H2,1H3,(H,22,23)(H,24,25). The molecule has 1 atom stereocenters. The van der Waals surface area contributed by atoms with Crippen LogP contribution in [0.15, 0.2) is 36.4 Å². The van der Waals surface area contributed by atoms with Crippen molar-refractivity contribution in [1.82, 2.24) is 0 Å². The Bertz CT molecular complexity index is 1020. The Labute approximate surface area is 174 Å². The number of hydrogen-bond acceptors (Lipinski definition) is 9. The maximum atomic E-state index is 12.4. The van der Waals surface area contributed by atoms with Gasteiger partial charge in [0.25, 0.3) is 5.69 Å². The lowest BCUT2D eigenvalue weighted by Gasteiger charge is -2.16. The highest BCUT2D eigenvalue weighted by Gasteiger charge is 2.24. The van der Waals surface area contributed by atoms with E-state index >= 15 is 0 Å². The van der Waals surface area contributed by atoms with Crippen LogP contribution in [-0.4, -0.2) is 44.4 Å². The van der Waals surface area contributed by atoms with Crippen LogP contribution in [-0.2, 0) is 21.1 Å². The number of carbonyl (C=O) groups is 3. The van der Waals surface area contributed by atoms with E-state index in [9.17, 15) is 34.7 Å². The van der Waals surface area contributed by atoms with Crippen LogP contribution in [0.2, 0.25) is 0 Å². The van der Waals surface area contributed by atoms with E-state index in [0.717, 1.165) is 24.3 Å². The predicted molar refractivity (Wildman–Crippen MR) is 100 cm³/mol. The van der Waals surface area contributed by atoms with Crippen LogP contribution in [0.1, 0.15) is 50.0 Å². The van der Waals surface area contributed by atoms with E-state index in [0.29, 0.717) is 0 Å². The monoisotopic (exact) mass is 435 g/mol. The van der Waals surface area contributed by atoms with Crippen LogP contribution < -0.4 is 0 Å². The van der Waals surface area contributed by atoms with Crippen molar-refractivity contribution >= 4 is 23.6 Å². The number of carbonyl (C=O) groups excluding carboxylic acids is 1. The molecule has 0 aliphatic heterocycles. The number of phenolic OH excluding ortho intramolecular Hbond substituents is 1. The summed E-state index contributed by atoms with van der Waals surface area (Å²) in [7, 11) is 0. The number of aromatic hydroxyl groups is 1. The van der Waals surface area contributed by atoms with Gasteiger partial charge >= 0.3 is 17.9 Å². The molecule has 2 aromatic carbocycles. The van der Waals surface area contributed by atoms with Crippen molar-refractivity contribution in [3.8, 4) is 5.75 Å². The summed E-state index contributed by atoms with van der Waals surface area (Å²) in [5.74, 6) is -4.14. The van der Waals surface area contributed by atoms with Crippen LogP contribution in [0.25, 0.3) is 0 Å². The van der Waals surface area contributed by atoms with Crippen molar-refractivity contribution in [3.63, 3.8) is 0 Å². The van der Waals surface area contributed by atoms with E-state index < -0.39 is 52.5 Å². The van der Waals surface area contributed by atoms with E-state index in [1.54, 1.807) is 6.92 Å². The quantitative estimate of drug-likeness (QED) is 0.164. The molecule has 0 saturated carbocycles. The van der Waals surface area contributed by atoms with Gasteiger partial charge in [-0.05, 0) is 29.8 Å². The molecule has 12 heteroatoms. The van der Waals surface area contributed by atoms with Gasteiger partial charge in [-0.1, -0.05) is 6.92 Å². The summed E-state index contributed by atoms with van der Waals surface area (Å²) in [6, 6.07) is 6.12. The zero-order valence-corrected chi connectivity index (χ0v) is 16.0. The van der Waals surface area contributed by atoms with Crippen LogP contribution in [0.4, 0.5) is 5.69 Å². The number of nitro benzene ring substituents is 1. The summed E-state index contributed by atoms with van der Waals surface area (Å²) in [6.07, 6.45) is -1.28. The zero-order valence-electron chi connectivity index (χ0n) is 16.0. The molecule has 164 valence electrons. The lowest BCUT2D eigenvalue weighted by Crippen LogP contribution is -2.23. The van der Waals surface area contributed by atoms with E-state index in [-0.39, 0.29) is 23.3 Å². The lowest BCUT2D eigenvalue weighted by atomic mass is 10.1. The minimum Gasteiger partial charge on any atom is -0.508 e. The molecule has 2 aromatic rings. The summed E-state index contributed by atoms with van der Waals surface area (Å²) in [6.45, 7) is 1.13. The van der Waals surface area contributed by atoms with Crippen LogP contribution >= 0.6 is 0 Å². The van der Waals surface area contributed by atoms with Gasteiger partial charge in [0.1, 0.15) is 12.4 Å². The average molecular weight is 435 g/mol. The second-order valence-electron chi connectivity index (χ2n) is 6.04. The summed E-state index contributed by atoms with van der Waals surface area (Å²) in [5, 5.41) is 38.7. The first kappa shape index (κ1) is 23.3. The smallest absolute Gasteiger partial charge is 0.341 e. The van der Waals surface area contributed by atoms with E-state index in [4.69, 9.17) is 19.6 Å². The van der Waals surface area contributed by atoms with Gasteiger partial charge in [0.2, 0.25) is 6.29 Å². The number of ether oxygens (including phenoxy) is 1. The van der Waals surface area contributed by atoms with Gasteiger partial charge in [-0.15, -0.1) is 0 Å². The molecule has 0 spiro atoms. The molecular formula is C19H17NO11. The highest BCUT2D eigenvalue weighted by Crippen LogP contribution is 2.21. The van der Waals surface area contributed by atoms with Gasteiger partial charge in [-0.3, -0.25) is 10.1 Å². The highest BCUT2D eigenvalue weighted by molar-refractivity contribution is 6.03. The number of nitro groups is 1. The van der Waals surface area contributed by atoms with Crippen molar-refractivity contribution in [2.45, 2.75) is 26.2 Å². The Kier molecular flexibility index (Phi) is 7.60. The minimum absolute atomic E-state index is 0.0505. The molecule has 3 N–H and O–H groups in total. The number of rotatable bonds is 10. The van der Waals surface area contributed by atoms with Crippen molar-refractivity contribution in [2.75, 3.05) is 0 Å². The van der Waals surface area contributed by atoms with E-state index in [1.165, 1.54) is 12.1 Å². The second-order valence-corrected chi connectivity index (χ2v) is 6.04. The van der Waals surface area contributed by atoms with Crippen molar-refractivity contribution in [1.29, 1.82) is 0 Å². The molecule has 0 aromatic heterocycles. The fraction of sp³-hybridized carbons (Fsp3) is 0.211. The molecule has 0 aliphatic rings. The Morgan fingerprint density at radius 2 is 1.68 bits per heavy atom. The Morgan fingerprint density at radius 1 is 1.03 bits per heavy atom. The third-order valence-electron chi connectivity index (χ3n) is 3.95. The minimum atomic E-state index is -1.49. The molecule has 0 radical (unpaired) electrons. The molecule has 0 aliphatic carbocycles. The molecule has 0 heterocycles. The molecule has 0 fully saturated rings. The van der Waals surface area contributed by atoms with E-state index in [2.05, 4.69) is 0 Å². The Balaban J connectivity index is 2.10. The third kappa shape index (κ3) is 5.98. The van der Waals surface area contributed by atoms with Gasteiger partial charge in [0.15, 0.2) is 0 Å². The van der Waals surface area contributed by atoms with Crippen LogP contribution in [0, 0.1) is 10.1 Å². The van der Waals surface area contributed by atoms with Gasteiger partial charge in [0, 0.05) is 18.6 Å². The SMILES string of the molecule is CCC(OOCc1cc(O)ccc1C(=O)O)OC(=O)c1cc([N+](=O)[O-])ccc1C(=O)O. The average Bonchev–Trinajstić information content (AvgIpc) is 2.72. The molecule has 12 nitrogen and oxygen atoms in total. The maximum absolute atomic E-state index is 12.4. The normalized spacial score (nSPS) is 11.5. The third-order valence-corrected chi connectivity index (χ3v) is 3.95. The van der Waals surface area contributed by atoms with Gasteiger partial charge in [0.05, 0.1) is 21.6 Å². The van der Waals surface area contributed by atoms with Gasteiger partial charge in [-0.2, -0.15) is 4.89 Å².